The monoisotopic (exact) mass is 472 g/mol. The Bertz CT molecular complexity index is 883. The highest BCUT2D eigenvalue weighted by atomic mass is 15.3. The molecular formula is C31H44N4. The minimum absolute atomic E-state index is 0.344. The molecule has 5 aliphatic rings. The Kier molecular flexibility index (Phi) is 6.99. The van der Waals surface area contributed by atoms with Crippen LogP contribution in [0, 0.1) is 0 Å². The summed E-state index contributed by atoms with van der Waals surface area (Å²) in [4.78, 5) is 11.1. The van der Waals surface area contributed by atoms with Crippen molar-refractivity contribution in [1.29, 1.82) is 0 Å². The average Bonchev–Trinajstić information content (AvgIpc) is 3.36. The quantitative estimate of drug-likeness (QED) is 0.614. The predicted octanol–water partition coefficient (Wildman–Crippen LogP) is 4.50. The van der Waals surface area contributed by atoms with Gasteiger partial charge in [-0.3, -0.25) is 14.7 Å². The SMILES string of the molecule is CN1CCN(CCN2CCC3(N4CCCC4)C[C@@H](c4ccccc4)C2[C@H](c2ccccc2)C3)CC1. The second kappa shape index (κ2) is 10.3. The Morgan fingerprint density at radius 1 is 0.686 bits per heavy atom. The molecule has 2 bridgehead atoms. The summed E-state index contributed by atoms with van der Waals surface area (Å²) < 4.78 is 0. The van der Waals surface area contributed by atoms with Gasteiger partial charge in [0.2, 0.25) is 0 Å². The molecule has 1 aliphatic carbocycles. The third-order valence-electron chi connectivity index (χ3n) is 9.84. The minimum atomic E-state index is 0.344. The van der Waals surface area contributed by atoms with Crippen LogP contribution in [0.15, 0.2) is 60.7 Å². The number of nitrogens with zero attached hydrogens (tertiary/aromatic N) is 4. The number of likely N-dealkylation sites (N-methyl/N-ethyl adjacent to an activating group) is 1. The van der Waals surface area contributed by atoms with Crippen molar-refractivity contribution >= 4 is 0 Å². The van der Waals surface area contributed by atoms with Crippen molar-refractivity contribution in [1.82, 2.24) is 19.6 Å². The van der Waals surface area contributed by atoms with Crippen LogP contribution < -0.4 is 0 Å². The molecule has 0 spiro atoms. The summed E-state index contributed by atoms with van der Waals surface area (Å²) >= 11 is 0. The highest BCUT2D eigenvalue weighted by molar-refractivity contribution is 5.32. The molecule has 0 unspecified atom stereocenters. The van der Waals surface area contributed by atoms with Gasteiger partial charge in [0.1, 0.15) is 0 Å². The van der Waals surface area contributed by atoms with E-state index in [0.29, 0.717) is 23.4 Å². The Balaban J connectivity index is 1.35. The summed E-state index contributed by atoms with van der Waals surface area (Å²) in [5.41, 5.74) is 3.47. The molecule has 2 aromatic carbocycles. The topological polar surface area (TPSA) is 13.0 Å². The first-order valence-corrected chi connectivity index (χ1v) is 14.2. The standard InChI is InChI=1S/C31H44N4/c1-32-18-20-33(21-19-32)22-23-34-17-14-31(35-15-8-9-16-35)24-28(26-10-4-2-5-11-26)30(34)29(25-31)27-12-6-3-7-13-27/h2-7,10-13,28-30H,8-9,14-25H2,1H3/t28-,29-,30?,31?/m0/s1. The largest absolute Gasteiger partial charge is 0.304 e. The fourth-order valence-electron chi connectivity index (χ4n) is 7.88. The molecule has 35 heavy (non-hydrogen) atoms. The number of piperazine rings is 1. The van der Waals surface area contributed by atoms with Crippen molar-refractivity contribution in [3.8, 4) is 0 Å². The second-order valence-corrected chi connectivity index (χ2v) is 11.8. The number of rotatable bonds is 6. The van der Waals surface area contributed by atoms with Crippen molar-refractivity contribution in [2.24, 2.45) is 0 Å². The van der Waals surface area contributed by atoms with E-state index in [9.17, 15) is 0 Å². The number of hydrogen-bond acceptors (Lipinski definition) is 4. The summed E-state index contributed by atoms with van der Waals surface area (Å²) in [6, 6.07) is 23.7. The lowest BCUT2D eigenvalue weighted by atomic mass is 9.63. The first-order valence-electron chi connectivity index (χ1n) is 14.2. The van der Waals surface area contributed by atoms with Crippen LogP contribution in [0.3, 0.4) is 0 Å². The van der Waals surface area contributed by atoms with Gasteiger partial charge in [0.05, 0.1) is 0 Å². The number of fused-ring (bicyclic) bond motifs is 4. The maximum absolute atomic E-state index is 2.94. The van der Waals surface area contributed by atoms with Crippen LogP contribution in [0.1, 0.15) is 55.1 Å². The van der Waals surface area contributed by atoms with Gasteiger partial charge in [-0.1, -0.05) is 60.7 Å². The molecule has 0 aromatic heterocycles. The van der Waals surface area contributed by atoms with Gasteiger partial charge < -0.3 is 4.90 Å². The average molecular weight is 473 g/mol. The number of benzene rings is 2. The lowest BCUT2D eigenvalue weighted by Gasteiger charge is -2.52. The highest BCUT2D eigenvalue weighted by Crippen LogP contribution is 2.54. The van der Waals surface area contributed by atoms with Crippen LogP contribution >= 0.6 is 0 Å². The second-order valence-electron chi connectivity index (χ2n) is 11.8. The first kappa shape index (κ1) is 23.7. The molecule has 1 saturated carbocycles. The lowest BCUT2D eigenvalue weighted by molar-refractivity contribution is 0.0447. The fourth-order valence-corrected chi connectivity index (χ4v) is 7.88. The molecule has 4 heterocycles. The van der Waals surface area contributed by atoms with Crippen LogP contribution in [-0.4, -0.2) is 97.1 Å². The Morgan fingerprint density at radius 2 is 1.26 bits per heavy atom. The van der Waals surface area contributed by atoms with E-state index in [2.05, 4.69) is 87.3 Å². The smallest absolute Gasteiger partial charge is 0.0235 e. The molecule has 7 rings (SSSR count). The molecule has 4 nitrogen and oxygen atoms in total. The van der Waals surface area contributed by atoms with E-state index in [1.165, 1.54) is 91.0 Å². The zero-order valence-electron chi connectivity index (χ0n) is 21.7. The summed E-state index contributed by atoms with van der Waals surface area (Å²) in [6.45, 7) is 11.1. The zero-order valence-corrected chi connectivity index (χ0v) is 21.7. The fraction of sp³-hybridized carbons (Fsp3) is 0.613. The molecule has 0 radical (unpaired) electrons. The molecular weight excluding hydrogens is 428 g/mol. The molecule has 2 atom stereocenters. The number of hydrogen-bond donors (Lipinski definition) is 0. The summed E-state index contributed by atoms with van der Waals surface area (Å²) in [7, 11) is 2.26. The van der Waals surface area contributed by atoms with Gasteiger partial charge in [0.25, 0.3) is 0 Å². The van der Waals surface area contributed by atoms with Crippen molar-refractivity contribution in [3.05, 3.63) is 71.8 Å². The molecule has 0 amide bonds. The van der Waals surface area contributed by atoms with Crippen molar-refractivity contribution in [2.75, 3.05) is 66.0 Å². The molecule has 4 saturated heterocycles. The van der Waals surface area contributed by atoms with E-state index in [4.69, 9.17) is 0 Å². The summed E-state index contributed by atoms with van der Waals surface area (Å²) in [6.07, 6.45) is 6.75. The van der Waals surface area contributed by atoms with Crippen molar-refractivity contribution in [3.63, 3.8) is 0 Å². The van der Waals surface area contributed by atoms with Gasteiger partial charge in [-0.05, 0) is 63.4 Å². The maximum atomic E-state index is 2.94. The molecule has 0 N–H and O–H groups in total. The predicted molar refractivity (Wildman–Crippen MR) is 145 cm³/mol. The third kappa shape index (κ3) is 4.83. The van der Waals surface area contributed by atoms with Crippen LogP contribution in [0.5, 0.6) is 0 Å². The third-order valence-corrected chi connectivity index (χ3v) is 9.84. The molecule has 4 aliphatic heterocycles. The maximum Gasteiger partial charge on any atom is 0.0235 e. The molecule has 188 valence electrons. The Morgan fingerprint density at radius 3 is 1.83 bits per heavy atom. The zero-order chi connectivity index (χ0) is 23.7. The Hall–Kier alpha value is -1.72. The van der Waals surface area contributed by atoms with E-state index < -0.39 is 0 Å². The van der Waals surface area contributed by atoms with Gasteiger partial charge in [0.15, 0.2) is 0 Å². The van der Waals surface area contributed by atoms with Gasteiger partial charge in [-0.2, -0.15) is 0 Å². The van der Waals surface area contributed by atoms with E-state index in [1.54, 1.807) is 11.1 Å². The van der Waals surface area contributed by atoms with Crippen LogP contribution in [0.4, 0.5) is 0 Å². The normalized spacial score (nSPS) is 33.2. The van der Waals surface area contributed by atoms with Crippen LogP contribution in [-0.2, 0) is 0 Å². The van der Waals surface area contributed by atoms with Gasteiger partial charge >= 0.3 is 0 Å². The first-order chi connectivity index (χ1) is 17.2. The van der Waals surface area contributed by atoms with Crippen LogP contribution in [0.25, 0.3) is 0 Å². The van der Waals surface area contributed by atoms with Gasteiger partial charge in [-0.15, -0.1) is 0 Å². The minimum Gasteiger partial charge on any atom is -0.304 e. The van der Waals surface area contributed by atoms with Gasteiger partial charge in [-0.25, -0.2) is 0 Å². The summed E-state index contributed by atoms with van der Waals surface area (Å²) in [5.74, 6) is 1.21. The molecule has 2 aromatic rings. The van der Waals surface area contributed by atoms with E-state index >= 15 is 0 Å². The van der Waals surface area contributed by atoms with E-state index in [0.717, 1.165) is 0 Å². The van der Waals surface area contributed by atoms with Crippen molar-refractivity contribution in [2.45, 2.75) is 55.5 Å². The molecule has 5 fully saturated rings. The van der Waals surface area contributed by atoms with Gasteiger partial charge in [0, 0.05) is 69.2 Å². The van der Waals surface area contributed by atoms with Crippen LogP contribution in [0.2, 0.25) is 0 Å². The van der Waals surface area contributed by atoms with Crippen molar-refractivity contribution < 1.29 is 0 Å². The number of likely N-dealkylation sites (tertiary alicyclic amines) is 1. The van der Waals surface area contributed by atoms with E-state index in [-0.39, 0.29) is 0 Å². The summed E-state index contributed by atoms with van der Waals surface area (Å²) in [5, 5.41) is 0. The highest BCUT2D eigenvalue weighted by Gasteiger charge is 2.54. The Labute approximate surface area is 212 Å². The molecule has 4 heteroatoms. The lowest BCUT2D eigenvalue weighted by Crippen LogP contribution is -2.54. The van der Waals surface area contributed by atoms with E-state index in [1.807, 2.05) is 0 Å².